The van der Waals surface area contributed by atoms with Crippen molar-refractivity contribution in [3.05, 3.63) is 88.7 Å². The first-order valence-corrected chi connectivity index (χ1v) is 9.55. The number of fused-ring (bicyclic) bond motifs is 1. The van der Waals surface area contributed by atoms with E-state index in [4.69, 9.17) is 4.74 Å². The lowest BCUT2D eigenvalue weighted by Crippen LogP contribution is -2.04. The molecule has 4 aromatic rings. The lowest BCUT2D eigenvalue weighted by molar-refractivity contribution is 0.104. The molecule has 0 bridgehead atoms. The fraction of sp³-hybridized carbons (Fsp3) is 0.136. The SMILES string of the molecule is O=C(c1cccs1)c1cn(CCCOc2ccccc2)c2ccccc12. The minimum atomic E-state index is 0.0930. The van der Waals surface area contributed by atoms with Gasteiger partial charge < -0.3 is 9.30 Å². The van der Waals surface area contributed by atoms with Crippen LogP contribution in [0.2, 0.25) is 0 Å². The Hall–Kier alpha value is -2.85. The summed E-state index contributed by atoms with van der Waals surface area (Å²) in [5.41, 5.74) is 1.86. The van der Waals surface area contributed by atoms with Gasteiger partial charge in [0.1, 0.15) is 5.75 Å². The minimum absolute atomic E-state index is 0.0930. The van der Waals surface area contributed by atoms with Gasteiger partial charge in [0.15, 0.2) is 0 Å². The maximum absolute atomic E-state index is 12.8. The molecule has 2 heterocycles. The molecule has 26 heavy (non-hydrogen) atoms. The second kappa shape index (κ2) is 7.58. The Balaban J connectivity index is 1.51. The van der Waals surface area contributed by atoms with Gasteiger partial charge in [0.2, 0.25) is 5.78 Å². The van der Waals surface area contributed by atoms with Crippen molar-refractivity contribution >= 4 is 28.0 Å². The lowest BCUT2D eigenvalue weighted by atomic mass is 10.1. The number of aryl methyl sites for hydroxylation is 1. The molecule has 0 saturated heterocycles. The highest BCUT2D eigenvalue weighted by atomic mass is 32.1. The van der Waals surface area contributed by atoms with E-state index >= 15 is 0 Å². The highest BCUT2D eigenvalue weighted by molar-refractivity contribution is 7.12. The maximum Gasteiger partial charge on any atom is 0.205 e. The van der Waals surface area contributed by atoms with Gasteiger partial charge in [-0.05, 0) is 36.1 Å². The van der Waals surface area contributed by atoms with Crippen LogP contribution in [0.3, 0.4) is 0 Å². The van der Waals surface area contributed by atoms with E-state index in [-0.39, 0.29) is 5.78 Å². The summed E-state index contributed by atoms with van der Waals surface area (Å²) in [7, 11) is 0. The first kappa shape index (κ1) is 16.6. The van der Waals surface area contributed by atoms with Crippen molar-refractivity contribution in [2.24, 2.45) is 0 Å². The van der Waals surface area contributed by atoms with E-state index in [1.807, 2.05) is 72.2 Å². The lowest BCUT2D eigenvalue weighted by Gasteiger charge is -2.07. The molecule has 2 aromatic heterocycles. The van der Waals surface area contributed by atoms with Crippen LogP contribution in [0.1, 0.15) is 21.7 Å². The highest BCUT2D eigenvalue weighted by Gasteiger charge is 2.17. The number of rotatable bonds is 7. The molecule has 4 heteroatoms. The molecule has 4 rings (SSSR count). The molecule has 0 unspecified atom stereocenters. The molecule has 0 N–H and O–H groups in total. The van der Waals surface area contributed by atoms with Crippen LogP contribution in [0.25, 0.3) is 10.9 Å². The number of thiophene rings is 1. The zero-order valence-corrected chi connectivity index (χ0v) is 15.1. The number of ether oxygens (including phenoxy) is 1. The largest absolute Gasteiger partial charge is 0.494 e. The van der Waals surface area contributed by atoms with Crippen LogP contribution >= 0.6 is 11.3 Å². The van der Waals surface area contributed by atoms with Gasteiger partial charge in [-0.1, -0.05) is 42.5 Å². The van der Waals surface area contributed by atoms with Gasteiger partial charge in [-0.15, -0.1) is 11.3 Å². The minimum Gasteiger partial charge on any atom is -0.494 e. The van der Waals surface area contributed by atoms with Crippen LogP contribution in [-0.2, 0) is 6.54 Å². The quantitative estimate of drug-likeness (QED) is 0.326. The van der Waals surface area contributed by atoms with E-state index < -0.39 is 0 Å². The Morgan fingerprint density at radius 1 is 0.962 bits per heavy atom. The highest BCUT2D eigenvalue weighted by Crippen LogP contribution is 2.25. The molecule has 0 amide bonds. The van der Waals surface area contributed by atoms with Gasteiger partial charge in [0.25, 0.3) is 0 Å². The third-order valence-corrected chi connectivity index (χ3v) is 5.20. The number of carbonyl (C=O) groups is 1. The van der Waals surface area contributed by atoms with Crippen molar-refractivity contribution in [3.8, 4) is 5.75 Å². The van der Waals surface area contributed by atoms with Crippen molar-refractivity contribution in [2.45, 2.75) is 13.0 Å². The molecular weight excluding hydrogens is 342 g/mol. The topological polar surface area (TPSA) is 31.2 Å². The number of hydrogen-bond donors (Lipinski definition) is 0. The summed E-state index contributed by atoms with van der Waals surface area (Å²) in [6.07, 6.45) is 2.86. The summed E-state index contributed by atoms with van der Waals surface area (Å²) in [4.78, 5) is 13.6. The van der Waals surface area contributed by atoms with E-state index in [0.717, 1.165) is 40.1 Å². The number of carbonyl (C=O) groups excluding carboxylic acids is 1. The third kappa shape index (κ3) is 3.41. The predicted molar refractivity (Wildman–Crippen MR) is 106 cm³/mol. The molecule has 2 aromatic carbocycles. The van der Waals surface area contributed by atoms with Gasteiger partial charge in [0.05, 0.1) is 11.5 Å². The van der Waals surface area contributed by atoms with E-state index in [1.54, 1.807) is 0 Å². The summed E-state index contributed by atoms with van der Waals surface area (Å²) in [5.74, 6) is 0.980. The normalized spacial score (nSPS) is 10.9. The summed E-state index contributed by atoms with van der Waals surface area (Å²) < 4.78 is 7.93. The average Bonchev–Trinajstić information content (AvgIpc) is 3.34. The van der Waals surface area contributed by atoms with Crippen molar-refractivity contribution in [3.63, 3.8) is 0 Å². The number of nitrogens with zero attached hydrogens (tertiary/aromatic N) is 1. The van der Waals surface area contributed by atoms with Gasteiger partial charge in [-0.3, -0.25) is 4.79 Å². The number of aromatic nitrogens is 1. The van der Waals surface area contributed by atoms with E-state index in [1.165, 1.54) is 11.3 Å². The van der Waals surface area contributed by atoms with Crippen LogP contribution in [0, 0.1) is 0 Å². The Kier molecular flexibility index (Phi) is 4.84. The fourth-order valence-electron chi connectivity index (χ4n) is 3.09. The number of para-hydroxylation sites is 2. The molecule has 0 aliphatic rings. The molecular formula is C22H19NO2S. The van der Waals surface area contributed by atoms with Crippen molar-refractivity contribution in [2.75, 3.05) is 6.61 Å². The van der Waals surface area contributed by atoms with Crippen LogP contribution in [0.5, 0.6) is 5.75 Å². The van der Waals surface area contributed by atoms with Gasteiger partial charge >= 0.3 is 0 Å². The Morgan fingerprint density at radius 2 is 1.77 bits per heavy atom. The summed E-state index contributed by atoms with van der Waals surface area (Å²) >= 11 is 1.48. The van der Waals surface area contributed by atoms with E-state index in [2.05, 4.69) is 10.6 Å². The van der Waals surface area contributed by atoms with Crippen LogP contribution in [0.4, 0.5) is 0 Å². The molecule has 0 fully saturated rings. The summed E-state index contributed by atoms with van der Waals surface area (Å²) in [6, 6.07) is 21.7. The monoisotopic (exact) mass is 361 g/mol. The molecule has 130 valence electrons. The van der Waals surface area contributed by atoms with E-state index in [9.17, 15) is 4.79 Å². The molecule has 0 radical (unpaired) electrons. The Bertz CT molecular complexity index is 1000. The van der Waals surface area contributed by atoms with Gasteiger partial charge in [-0.2, -0.15) is 0 Å². The van der Waals surface area contributed by atoms with Crippen molar-refractivity contribution in [1.29, 1.82) is 0 Å². The molecule has 0 spiro atoms. The second-order valence-electron chi connectivity index (χ2n) is 6.07. The maximum atomic E-state index is 12.8. The van der Waals surface area contributed by atoms with Crippen LogP contribution in [-0.4, -0.2) is 17.0 Å². The van der Waals surface area contributed by atoms with Crippen molar-refractivity contribution < 1.29 is 9.53 Å². The average molecular weight is 361 g/mol. The Labute approximate surface area is 156 Å². The van der Waals surface area contributed by atoms with Crippen molar-refractivity contribution in [1.82, 2.24) is 4.57 Å². The third-order valence-electron chi connectivity index (χ3n) is 4.33. The van der Waals surface area contributed by atoms with Crippen LogP contribution < -0.4 is 4.74 Å². The number of hydrogen-bond acceptors (Lipinski definition) is 3. The zero-order valence-electron chi connectivity index (χ0n) is 14.3. The van der Waals surface area contributed by atoms with E-state index in [0.29, 0.717) is 6.61 Å². The first-order valence-electron chi connectivity index (χ1n) is 8.67. The summed E-state index contributed by atoms with van der Waals surface area (Å²) in [5, 5.41) is 2.95. The Morgan fingerprint density at radius 3 is 2.58 bits per heavy atom. The zero-order chi connectivity index (χ0) is 17.8. The smallest absolute Gasteiger partial charge is 0.205 e. The standard InChI is InChI=1S/C22H19NO2S/c24-22(21-12-6-15-26-21)19-16-23(20-11-5-4-10-18(19)20)13-7-14-25-17-8-2-1-3-9-17/h1-6,8-12,15-16H,7,13-14H2. The molecule has 0 aliphatic heterocycles. The first-order chi connectivity index (χ1) is 12.8. The molecule has 3 nitrogen and oxygen atoms in total. The second-order valence-corrected chi connectivity index (χ2v) is 7.02. The summed E-state index contributed by atoms with van der Waals surface area (Å²) in [6.45, 7) is 1.45. The molecule has 0 atom stereocenters. The number of ketones is 1. The van der Waals surface area contributed by atoms with Gasteiger partial charge in [0, 0.05) is 29.2 Å². The van der Waals surface area contributed by atoms with Gasteiger partial charge in [-0.25, -0.2) is 0 Å². The molecule has 0 aliphatic carbocycles. The fourth-order valence-corrected chi connectivity index (χ4v) is 3.77. The molecule has 0 saturated carbocycles. The predicted octanol–water partition coefficient (Wildman–Crippen LogP) is 5.40. The number of benzene rings is 2. The van der Waals surface area contributed by atoms with Crippen LogP contribution in [0.15, 0.2) is 78.3 Å².